The number of rotatable bonds is 3. The number of aliphatic hydroxyl groups excluding tert-OH is 1. The average molecular weight is 340 g/mol. The predicted molar refractivity (Wildman–Crippen MR) is 96.4 cm³/mol. The molecule has 0 aromatic heterocycles. The van der Waals surface area contributed by atoms with Gasteiger partial charge in [-0.25, -0.2) is 0 Å². The zero-order valence-corrected chi connectivity index (χ0v) is 14.8. The number of primary amides is 1. The molecule has 3 aliphatic carbocycles. The van der Waals surface area contributed by atoms with E-state index in [0.29, 0.717) is 17.5 Å². The molecule has 3 unspecified atom stereocenters. The molecule has 1 aliphatic heterocycles. The zero-order valence-electron chi connectivity index (χ0n) is 14.8. The molecule has 4 aliphatic rings. The fourth-order valence-corrected chi connectivity index (χ4v) is 6.10. The van der Waals surface area contributed by atoms with E-state index in [-0.39, 0.29) is 17.4 Å². The van der Waals surface area contributed by atoms with Crippen molar-refractivity contribution in [2.75, 3.05) is 13.1 Å². The molecule has 134 valence electrons. The van der Waals surface area contributed by atoms with Crippen molar-refractivity contribution >= 4 is 5.91 Å². The fraction of sp³-hybridized carbons (Fsp3) is 0.667. The summed E-state index contributed by atoms with van der Waals surface area (Å²) in [7, 11) is 0. The molecule has 1 aromatic carbocycles. The lowest BCUT2D eigenvalue weighted by atomic mass is 9.51. The molecule has 1 saturated heterocycles. The Morgan fingerprint density at radius 2 is 2.12 bits per heavy atom. The quantitative estimate of drug-likeness (QED) is 0.887. The summed E-state index contributed by atoms with van der Waals surface area (Å²) in [6, 6.07) is 6.67. The smallest absolute Gasteiger partial charge is 0.248 e. The Bertz CT molecular complexity index is 714. The van der Waals surface area contributed by atoms with Crippen LogP contribution in [0.1, 0.15) is 60.0 Å². The predicted octanol–water partition coefficient (Wildman–Crippen LogP) is 2.22. The molecule has 0 radical (unpaired) electrons. The molecule has 4 atom stereocenters. The normalized spacial score (nSPS) is 37.2. The van der Waals surface area contributed by atoms with Gasteiger partial charge in [0.25, 0.3) is 0 Å². The molecule has 25 heavy (non-hydrogen) atoms. The van der Waals surface area contributed by atoms with E-state index >= 15 is 0 Å². The third-order valence-electron chi connectivity index (χ3n) is 7.45. The number of fused-ring (bicyclic) bond motifs is 1. The van der Waals surface area contributed by atoms with Crippen LogP contribution in [0.3, 0.4) is 0 Å². The van der Waals surface area contributed by atoms with E-state index in [1.165, 1.54) is 30.5 Å². The summed E-state index contributed by atoms with van der Waals surface area (Å²) >= 11 is 0. The van der Waals surface area contributed by atoms with Gasteiger partial charge in [0, 0.05) is 23.6 Å². The maximum atomic E-state index is 11.7. The highest BCUT2D eigenvalue weighted by Crippen LogP contribution is 2.56. The van der Waals surface area contributed by atoms with Crippen LogP contribution in [0.15, 0.2) is 18.2 Å². The molecule has 2 saturated carbocycles. The SMILES string of the molecule is NC(=O)c1ccc2c(c1)C13CCN(CC4CC4)C(C2)[C@@H]1CCC(O)C3. The first-order valence-electron chi connectivity index (χ1n) is 9.92. The average Bonchev–Trinajstić information content (AvgIpc) is 3.40. The zero-order chi connectivity index (χ0) is 17.2. The van der Waals surface area contributed by atoms with Crippen molar-refractivity contribution in [2.24, 2.45) is 17.6 Å². The number of amides is 1. The highest BCUT2D eigenvalue weighted by atomic mass is 16.3. The second-order valence-corrected chi connectivity index (χ2v) is 8.89. The summed E-state index contributed by atoms with van der Waals surface area (Å²) in [4.78, 5) is 14.5. The van der Waals surface area contributed by atoms with Crippen LogP contribution in [0.5, 0.6) is 0 Å². The Morgan fingerprint density at radius 1 is 1.28 bits per heavy atom. The molecule has 3 N–H and O–H groups in total. The van der Waals surface area contributed by atoms with Crippen molar-refractivity contribution in [3.8, 4) is 0 Å². The number of hydrogen-bond donors (Lipinski definition) is 2. The number of benzene rings is 1. The summed E-state index contributed by atoms with van der Waals surface area (Å²) in [6.45, 7) is 2.39. The molecular formula is C21H28N2O2. The van der Waals surface area contributed by atoms with E-state index in [1.807, 2.05) is 6.07 Å². The summed E-state index contributed by atoms with van der Waals surface area (Å²) in [5, 5.41) is 10.5. The highest BCUT2D eigenvalue weighted by molar-refractivity contribution is 5.93. The van der Waals surface area contributed by atoms with Gasteiger partial charge in [-0.05, 0) is 86.6 Å². The van der Waals surface area contributed by atoms with Crippen molar-refractivity contribution < 1.29 is 9.90 Å². The third kappa shape index (κ3) is 2.45. The third-order valence-corrected chi connectivity index (χ3v) is 7.45. The van der Waals surface area contributed by atoms with Crippen LogP contribution in [0.4, 0.5) is 0 Å². The van der Waals surface area contributed by atoms with E-state index < -0.39 is 0 Å². The van der Waals surface area contributed by atoms with Gasteiger partial charge in [-0.15, -0.1) is 0 Å². The molecule has 3 fully saturated rings. The Hall–Kier alpha value is -1.39. The number of hydrogen-bond acceptors (Lipinski definition) is 3. The van der Waals surface area contributed by atoms with Crippen LogP contribution in [-0.4, -0.2) is 41.1 Å². The van der Waals surface area contributed by atoms with Crippen molar-refractivity contribution in [3.05, 3.63) is 34.9 Å². The molecule has 0 spiro atoms. The van der Waals surface area contributed by atoms with Crippen LogP contribution in [0, 0.1) is 11.8 Å². The van der Waals surface area contributed by atoms with Gasteiger partial charge in [-0.3, -0.25) is 9.69 Å². The van der Waals surface area contributed by atoms with Gasteiger partial charge in [0.15, 0.2) is 0 Å². The second kappa shape index (κ2) is 5.55. The van der Waals surface area contributed by atoms with Crippen LogP contribution < -0.4 is 5.73 Å². The van der Waals surface area contributed by atoms with E-state index in [9.17, 15) is 9.90 Å². The topological polar surface area (TPSA) is 66.6 Å². The van der Waals surface area contributed by atoms with Gasteiger partial charge in [0.05, 0.1) is 6.10 Å². The number of carbonyl (C=O) groups is 1. The largest absolute Gasteiger partial charge is 0.393 e. The van der Waals surface area contributed by atoms with Crippen LogP contribution >= 0.6 is 0 Å². The minimum Gasteiger partial charge on any atom is -0.393 e. The molecule has 1 aromatic rings. The number of nitrogens with two attached hydrogens (primary N) is 1. The number of carbonyl (C=O) groups excluding carboxylic acids is 1. The van der Waals surface area contributed by atoms with Gasteiger partial charge in [-0.2, -0.15) is 0 Å². The van der Waals surface area contributed by atoms with Gasteiger partial charge >= 0.3 is 0 Å². The lowest BCUT2D eigenvalue weighted by Crippen LogP contribution is -2.62. The highest BCUT2D eigenvalue weighted by Gasteiger charge is 2.55. The van der Waals surface area contributed by atoms with E-state index in [2.05, 4.69) is 17.0 Å². The summed E-state index contributed by atoms with van der Waals surface area (Å²) in [6.07, 6.45) is 7.65. The number of likely N-dealkylation sites (tertiary alicyclic amines) is 1. The van der Waals surface area contributed by atoms with Crippen LogP contribution in [-0.2, 0) is 11.8 Å². The summed E-state index contributed by atoms with van der Waals surface area (Å²) in [5.41, 5.74) is 8.91. The molecule has 4 heteroatoms. The molecule has 4 nitrogen and oxygen atoms in total. The van der Waals surface area contributed by atoms with Gasteiger partial charge < -0.3 is 10.8 Å². The first kappa shape index (κ1) is 15.8. The van der Waals surface area contributed by atoms with Crippen molar-refractivity contribution in [3.63, 3.8) is 0 Å². The Balaban J connectivity index is 1.59. The van der Waals surface area contributed by atoms with Crippen LogP contribution in [0.2, 0.25) is 0 Å². The minimum atomic E-state index is -0.347. The first-order chi connectivity index (χ1) is 12.1. The van der Waals surface area contributed by atoms with Crippen molar-refractivity contribution in [1.29, 1.82) is 0 Å². The Labute approximate surface area is 149 Å². The number of nitrogens with zero attached hydrogens (tertiary/aromatic N) is 1. The second-order valence-electron chi connectivity index (χ2n) is 8.89. The molecule has 1 heterocycles. The minimum absolute atomic E-state index is 0.0431. The number of piperidine rings is 1. The summed E-state index contributed by atoms with van der Waals surface area (Å²) in [5.74, 6) is 1.18. The van der Waals surface area contributed by atoms with Crippen molar-refractivity contribution in [1.82, 2.24) is 4.90 Å². The monoisotopic (exact) mass is 340 g/mol. The molecule has 2 bridgehead atoms. The first-order valence-corrected chi connectivity index (χ1v) is 9.92. The molecular weight excluding hydrogens is 312 g/mol. The van der Waals surface area contributed by atoms with E-state index in [1.54, 1.807) is 0 Å². The Kier molecular flexibility index (Phi) is 3.52. The lowest BCUT2D eigenvalue weighted by Gasteiger charge is -2.60. The van der Waals surface area contributed by atoms with Gasteiger partial charge in [0.1, 0.15) is 0 Å². The fourth-order valence-electron chi connectivity index (χ4n) is 6.10. The van der Waals surface area contributed by atoms with Crippen molar-refractivity contribution in [2.45, 2.75) is 62.5 Å². The molecule has 5 rings (SSSR count). The van der Waals surface area contributed by atoms with E-state index in [4.69, 9.17) is 5.73 Å². The maximum Gasteiger partial charge on any atom is 0.248 e. The van der Waals surface area contributed by atoms with Gasteiger partial charge in [-0.1, -0.05) is 6.07 Å². The summed E-state index contributed by atoms with van der Waals surface area (Å²) < 4.78 is 0. The molecule has 1 amide bonds. The van der Waals surface area contributed by atoms with Gasteiger partial charge in [0.2, 0.25) is 5.91 Å². The Morgan fingerprint density at radius 3 is 2.88 bits per heavy atom. The van der Waals surface area contributed by atoms with E-state index in [0.717, 1.165) is 44.6 Å². The number of aliphatic hydroxyl groups is 1. The lowest BCUT2D eigenvalue weighted by molar-refractivity contribution is -0.0493. The van der Waals surface area contributed by atoms with Crippen LogP contribution in [0.25, 0.3) is 0 Å². The standard InChI is InChI=1S/C21H28N2O2/c22-20(25)15-4-3-14-10-19-17-6-5-16(24)11-21(17,18(14)9-15)7-8-23(19)12-13-1-2-13/h3-4,9,13,16-17,19,24H,1-2,5-8,10-12H2,(H2,22,25)/t16?,17-,19?,21?/m0/s1. The maximum absolute atomic E-state index is 11.7.